The molecule has 0 radical (unpaired) electrons. The minimum absolute atomic E-state index is 0.603. The summed E-state index contributed by atoms with van der Waals surface area (Å²) in [5.41, 5.74) is 2.63. The van der Waals surface area contributed by atoms with Crippen molar-refractivity contribution in [3.63, 3.8) is 0 Å². The van der Waals surface area contributed by atoms with Crippen molar-refractivity contribution in [3.8, 4) is 0 Å². The van der Waals surface area contributed by atoms with E-state index in [2.05, 4.69) is 55.8 Å². The fourth-order valence-electron chi connectivity index (χ4n) is 4.05. The third kappa shape index (κ3) is 4.43. The van der Waals surface area contributed by atoms with Crippen molar-refractivity contribution < 1.29 is 0 Å². The van der Waals surface area contributed by atoms with E-state index in [4.69, 9.17) is 4.98 Å². The first-order valence-corrected chi connectivity index (χ1v) is 10.9. The fourth-order valence-corrected chi connectivity index (χ4v) is 4.96. The third-order valence-corrected chi connectivity index (χ3v) is 6.50. The summed E-state index contributed by atoms with van der Waals surface area (Å²) in [4.78, 5) is 14.1. The molecule has 0 aliphatic carbocycles. The van der Waals surface area contributed by atoms with Gasteiger partial charge in [-0.15, -0.1) is 11.3 Å². The van der Waals surface area contributed by atoms with Crippen LogP contribution in [0.5, 0.6) is 0 Å². The van der Waals surface area contributed by atoms with Crippen molar-refractivity contribution in [3.05, 3.63) is 47.0 Å². The Labute approximate surface area is 166 Å². The quantitative estimate of drug-likeness (QED) is 0.635. The van der Waals surface area contributed by atoms with Gasteiger partial charge in [-0.1, -0.05) is 30.3 Å². The first-order valence-electron chi connectivity index (χ1n) is 10.0. The number of hydrogen-bond donors (Lipinski definition) is 1. The standard InChI is InChI=1S/C21H29N5S/c1-22-20(26-14-10-18(15-26)17-7-3-2-4-8-17)23-11-9-19-16-27-21(24-19)25-12-5-6-13-25/h2-4,7-8,16,18H,5-6,9-15H2,1H3,(H,22,23). The number of guanidine groups is 1. The van der Waals surface area contributed by atoms with Crippen LogP contribution in [0, 0.1) is 0 Å². The molecule has 1 unspecified atom stereocenters. The Morgan fingerprint density at radius 3 is 2.81 bits per heavy atom. The zero-order valence-corrected chi connectivity index (χ0v) is 16.9. The van der Waals surface area contributed by atoms with Crippen molar-refractivity contribution in [2.75, 3.05) is 44.7 Å². The highest BCUT2D eigenvalue weighted by Gasteiger charge is 2.25. The van der Waals surface area contributed by atoms with E-state index in [0.29, 0.717) is 5.92 Å². The van der Waals surface area contributed by atoms with Crippen LogP contribution < -0.4 is 10.2 Å². The van der Waals surface area contributed by atoms with E-state index in [1.54, 1.807) is 11.3 Å². The zero-order valence-electron chi connectivity index (χ0n) is 16.1. The smallest absolute Gasteiger partial charge is 0.193 e. The molecule has 2 fully saturated rings. The number of aromatic nitrogens is 1. The molecule has 0 bridgehead atoms. The molecule has 0 amide bonds. The van der Waals surface area contributed by atoms with Gasteiger partial charge in [-0.25, -0.2) is 4.98 Å². The van der Waals surface area contributed by atoms with Crippen LogP contribution in [-0.2, 0) is 6.42 Å². The lowest BCUT2D eigenvalue weighted by atomic mass is 9.99. The average Bonchev–Trinajstić information content (AvgIpc) is 3.47. The van der Waals surface area contributed by atoms with Crippen LogP contribution in [-0.4, -0.2) is 55.6 Å². The van der Waals surface area contributed by atoms with E-state index in [9.17, 15) is 0 Å². The Morgan fingerprint density at radius 2 is 2.04 bits per heavy atom. The molecule has 27 heavy (non-hydrogen) atoms. The molecule has 1 aromatic heterocycles. The molecule has 5 nitrogen and oxygen atoms in total. The maximum atomic E-state index is 4.82. The molecule has 6 heteroatoms. The first kappa shape index (κ1) is 18.3. The Hall–Kier alpha value is -2.08. The molecule has 144 valence electrons. The van der Waals surface area contributed by atoms with E-state index in [1.807, 2.05) is 7.05 Å². The van der Waals surface area contributed by atoms with Gasteiger partial charge in [0.05, 0.1) is 5.69 Å². The second kappa shape index (κ2) is 8.74. The molecular weight excluding hydrogens is 354 g/mol. The predicted octanol–water partition coefficient (Wildman–Crippen LogP) is 3.35. The molecule has 1 aromatic carbocycles. The molecule has 3 heterocycles. The third-order valence-electron chi connectivity index (χ3n) is 5.55. The number of likely N-dealkylation sites (tertiary alicyclic amines) is 1. The van der Waals surface area contributed by atoms with Crippen LogP contribution in [0.3, 0.4) is 0 Å². The highest BCUT2D eigenvalue weighted by Crippen LogP contribution is 2.27. The highest BCUT2D eigenvalue weighted by atomic mass is 32.1. The number of nitrogens with one attached hydrogen (secondary N) is 1. The van der Waals surface area contributed by atoms with E-state index in [1.165, 1.54) is 35.7 Å². The molecule has 2 aliphatic heterocycles. The molecule has 0 saturated carbocycles. The van der Waals surface area contributed by atoms with Crippen molar-refractivity contribution >= 4 is 22.4 Å². The minimum Gasteiger partial charge on any atom is -0.356 e. The maximum Gasteiger partial charge on any atom is 0.193 e. The molecule has 4 rings (SSSR count). The Bertz CT molecular complexity index is 751. The van der Waals surface area contributed by atoms with Gasteiger partial charge in [0.1, 0.15) is 0 Å². The van der Waals surface area contributed by atoms with Crippen LogP contribution >= 0.6 is 11.3 Å². The van der Waals surface area contributed by atoms with Gasteiger partial charge in [0.15, 0.2) is 11.1 Å². The number of anilines is 1. The molecule has 1 N–H and O–H groups in total. The lowest BCUT2D eigenvalue weighted by Gasteiger charge is -2.21. The molecular formula is C21H29N5S. The highest BCUT2D eigenvalue weighted by molar-refractivity contribution is 7.13. The molecule has 2 saturated heterocycles. The predicted molar refractivity (Wildman–Crippen MR) is 114 cm³/mol. The van der Waals surface area contributed by atoms with Gasteiger partial charge >= 0.3 is 0 Å². The van der Waals surface area contributed by atoms with E-state index < -0.39 is 0 Å². The van der Waals surface area contributed by atoms with Crippen LogP contribution in [0.25, 0.3) is 0 Å². The van der Waals surface area contributed by atoms with Crippen LogP contribution in [0.15, 0.2) is 40.7 Å². The van der Waals surface area contributed by atoms with Crippen LogP contribution in [0.1, 0.15) is 36.4 Å². The number of nitrogens with zero attached hydrogens (tertiary/aromatic N) is 4. The average molecular weight is 384 g/mol. The number of rotatable bonds is 5. The molecule has 1 atom stereocenters. The van der Waals surface area contributed by atoms with Crippen molar-refractivity contribution in [1.82, 2.24) is 15.2 Å². The van der Waals surface area contributed by atoms with Gasteiger partial charge in [0.2, 0.25) is 0 Å². The Morgan fingerprint density at radius 1 is 1.22 bits per heavy atom. The summed E-state index contributed by atoms with van der Waals surface area (Å²) in [5, 5.41) is 6.94. The van der Waals surface area contributed by atoms with E-state index in [-0.39, 0.29) is 0 Å². The number of benzene rings is 1. The van der Waals surface area contributed by atoms with Gasteiger partial charge in [0, 0.05) is 57.5 Å². The summed E-state index contributed by atoms with van der Waals surface area (Å²) in [5.74, 6) is 1.62. The zero-order chi connectivity index (χ0) is 18.5. The largest absolute Gasteiger partial charge is 0.356 e. The molecule has 2 aromatic rings. The van der Waals surface area contributed by atoms with Gasteiger partial charge in [-0.2, -0.15) is 0 Å². The minimum atomic E-state index is 0.603. The second-order valence-corrected chi connectivity index (χ2v) is 8.22. The van der Waals surface area contributed by atoms with Gasteiger partial charge < -0.3 is 15.1 Å². The van der Waals surface area contributed by atoms with Gasteiger partial charge in [-0.05, 0) is 24.8 Å². The number of hydrogen-bond acceptors (Lipinski definition) is 4. The lowest BCUT2D eigenvalue weighted by molar-refractivity contribution is 0.486. The summed E-state index contributed by atoms with van der Waals surface area (Å²) in [6, 6.07) is 10.8. The maximum absolute atomic E-state index is 4.82. The normalized spacial score (nSPS) is 20.5. The van der Waals surface area contributed by atoms with Crippen LogP contribution in [0.2, 0.25) is 0 Å². The van der Waals surface area contributed by atoms with Crippen molar-refractivity contribution in [2.45, 2.75) is 31.6 Å². The Kier molecular flexibility index (Phi) is 5.92. The fraction of sp³-hybridized carbons (Fsp3) is 0.524. The monoisotopic (exact) mass is 383 g/mol. The van der Waals surface area contributed by atoms with Gasteiger partial charge in [-0.3, -0.25) is 4.99 Å². The number of thiazole rings is 1. The summed E-state index contributed by atoms with van der Waals surface area (Å²) in [6.45, 7) is 5.31. The number of aliphatic imine (C=N–C) groups is 1. The Balaban J connectivity index is 1.26. The summed E-state index contributed by atoms with van der Waals surface area (Å²) < 4.78 is 0. The molecule has 2 aliphatic rings. The lowest BCUT2D eigenvalue weighted by Crippen LogP contribution is -2.40. The summed E-state index contributed by atoms with van der Waals surface area (Å²) in [7, 11) is 1.88. The van der Waals surface area contributed by atoms with E-state index >= 15 is 0 Å². The van der Waals surface area contributed by atoms with Crippen LogP contribution in [0.4, 0.5) is 5.13 Å². The summed E-state index contributed by atoms with van der Waals surface area (Å²) >= 11 is 1.78. The van der Waals surface area contributed by atoms with Crippen molar-refractivity contribution in [1.29, 1.82) is 0 Å². The second-order valence-electron chi connectivity index (χ2n) is 7.38. The van der Waals surface area contributed by atoms with Gasteiger partial charge in [0.25, 0.3) is 0 Å². The summed E-state index contributed by atoms with van der Waals surface area (Å²) in [6.07, 6.45) is 4.73. The topological polar surface area (TPSA) is 43.8 Å². The molecule has 0 spiro atoms. The van der Waals surface area contributed by atoms with E-state index in [0.717, 1.165) is 45.1 Å². The first-order chi connectivity index (χ1) is 13.3. The van der Waals surface area contributed by atoms with Crippen molar-refractivity contribution in [2.24, 2.45) is 4.99 Å². The SMILES string of the molecule is CN=C(NCCc1csc(N2CCCC2)n1)N1CCC(c2ccccc2)C1.